The first kappa shape index (κ1) is 22.1. The van der Waals surface area contributed by atoms with E-state index in [1.165, 1.54) is 17.1 Å². The first-order chi connectivity index (χ1) is 17.6. The number of nitrogens with one attached hydrogen (secondary N) is 1. The summed E-state index contributed by atoms with van der Waals surface area (Å²) in [6, 6.07) is 5.29. The fourth-order valence-electron chi connectivity index (χ4n) is 4.44. The number of benzene rings is 1. The van der Waals surface area contributed by atoms with Crippen molar-refractivity contribution in [2.75, 3.05) is 23.3 Å². The third-order valence-corrected chi connectivity index (χ3v) is 6.41. The number of fused-ring (bicyclic) bond motifs is 1. The molecule has 0 aliphatic carbocycles. The molecule has 1 saturated heterocycles. The summed E-state index contributed by atoms with van der Waals surface area (Å²) in [6.07, 6.45) is 8.71. The van der Waals surface area contributed by atoms with Crippen LogP contribution < -0.4 is 10.2 Å². The van der Waals surface area contributed by atoms with Gasteiger partial charge in [0.05, 0.1) is 11.4 Å². The van der Waals surface area contributed by atoms with E-state index in [0.717, 1.165) is 37.4 Å². The van der Waals surface area contributed by atoms with Gasteiger partial charge >= 0.3 is 6.01 Å². The Hall–Kier alpha value is -4.42. The number of imidazole rings is 1. The topological polar surface area (TPSA) is 128 Å². The molecule has 5 aromatic rings. The van der Waals surface area contributed by atoms with Gasteiger partial charge in [0.15, 0.2) is 17.3 Å². The summed E-state index contributed by atoms with van der Waals surface area (Å²) in [6.45, 7) is 5.72. The van der Waals surface area contributed by atoms with Crippen LogP contribution in [0.25, 0.3) is 11.3 Å². The van der Waals surface area contributed by atoms with Crippen LogP contribution in [0.15, 0.2) is 47.6 Å². The normalized spacial score (nSPS) is 14.7. The molecule has 5 heterocycles. The lowest BCUT2D eigenvalue weighted by atomic mass is 9.94. The van der Waals surface area contributed by atoms with Crippen molar-refractivity contribution >= 4 is 23.2 Å². The van der Waals surface area contributed by atoms with Crippen molar-refractivity contribution in [3.05, 3.63) is 60.5 Å². The average Bonchev–Trinajstić information content (AvgIpc) is 3.66. The molecule has 6 rings (SSSR count). The van der Waals surface area contributed by atoms with Gasteiger partial charge in [-0.2, -0.15) is 4.98 Å². The lowest BCUT2D eigenvalue weighted by Gasteiger charge is -2.30. The monoisotopic (exact) mass is 489 g/mol. The Morgan fingerprint density at radius 3 is 2.75 bits per heavy atom. The van der Waals surface area contributed by atoms with Crippen molar-refractivity contribution in [2.45, 2.75) is 38.5 Å². The Labute approximate surface area is 205 Å². The van der Waals surface area contributed by atoms with Gasteiger partial charge in [0.25, 0.3) is 0 Å². The highest BCUT2D eigenvalue weighted by atomic mass is 19.1. The SMILES string of the molecule is CC(C)c1noc(N2CCC(c3cnc4c(Nc5ccc(-n6cnnn6)cc5F)nccn34)CC2)n1. The number of rotatable bonds is 6. The van der Waals surface area contributed by atoms with Gasteiger partial charge < -0.3 is 14.7 Å². The number of aromatic nitrogens is 9. The molecule has 1 aromatic carbocycles. The van der Waals surface area contributed by atoms with Crippen LogP contribution in [0.3, 0.4) is 0 Å². The third kappa shape index (κ3) is 4.01. The van der Waals surface area contributed by atoms with Crippen LogP contribution in [-0.4, -0.2) is 57.8 Å². The lowest BCUT2D eigenvalue weighted by Crippen LogP contribution is -2.33. The zero-order valence-electron chi connectivity index (χ0n) is 19.8. The van der Waals surface area contributed by atoms with Gasteiger partial charge in [-0.25, -0.2) is 19.0 Å². The van der Waals surface area contributed by atoms with Crippen LogP contribution in [0, 0.1) is 5.82 Å². The van der Waals surface area contributed by atoms with Crippen LogP contribution >= 0.6 is 0 Å². The number of nitrogens with zero attached hydrogens (tertiary/aromatic N) is 10. The summed E-state index contributed by atoms with van der Waals surface area (Å²) in [4.78, 5) is 15.7. The summed E-state index contributed by atoms with van der Waals surface area (Å²) in [7, 11) is 0. The van der Waals surface area contributed by atoms with Gasteiger partial charge in [-0.1, -0.05) is 19.0 Å². The summed E-state index contributed by atoms with van der Waals surface area (Å²) in [5.74, 6) is 1.29. The fraction of sp³-hybridized carbons (Fsp3) is 0.348. The minimum Gasteiger partial charge on any atom is -0.335 e. The molecule has 0 bridgehead atoms. The molecule has 1 aliphatic heterocycles. The number of hydrogen-bond acceptors (Lipinski definition) is 10. The van der Waals surface area contributed by atoms with Gasteiger partial charge in [-0.05, 0) is 35.4 Å². The molecule has 0 unspecified atom stereocenters. The van der Waals surface area contributed by atoms with E-state index in [1.807, 2.05) is 30.6 Å². The molecule has 0 spiro atoms. The molecule has 1 N–H and O–H groups in total. The third-order valence-electron chi connectivity index (χ3n) is 6.41. The quantitative estimate of drug-likeness (QED) is 0.378. The highest BCUT2D eigenvalue weighted by molar-refractivity contribution is 5.71. The van der Waals surface area contributed by atoms with Gasteiger partial charge in [-0.3, -0.25) is 4.40 Å². The predicted octanol–water partition coefficient (Wildman–Crippen LogP) is 3.48. The Morgan fingerprint density at radius 2 is 2.03 bits per heavy atom. The van der Waals surface area contributed by atoms with Crippen LogP contribution in [0.1, 0.15) is 50.0 Å². The summed E-state index contributed by atoms with van der Waals surface area (Å²) < 4.78 is 23.7. The smallest absolute Gasteiger partial charge is 0.324 e. The highest BCUT2D eigenvalue weighted by Gasteiger charge is 2.27. The molecule has 1 fully saturated rings. The Kier molecular flexibility index (Phi) is 5.51. The summed E-state index contributed by atoms with van der Waals surface area (Å²) in [5, 5.41) is 18.1. The maximum Gasteiger partial charge on any atom is 0.324 e. The molecule has 0 atom stereocenters. The second-order valence-corrected chi connectivity index (χ2v) is 9.05. The molecule has 4 aromatic heterocycles. The van der Waals surface area contributed by atoms with E-state index < -0.39 is 5.82 Å². The van der Waals surface area contributed by atoms with E-state index in [2.05, 4.69) is 45.9 Å². The van der Waals surface area contributed by atoms with Gasteiger partial charge in [-0.15, -0.1) is 5.10 Å². The van der Waals surface area contributed by atoms with E-state index >= 15 is 0 Å². The molecule has 0 amide bonds. The van der Waals surface area contributed by atoms with Crippen molar-refractivity contribution in [2.24, 2.45) is 0 Å². The molecule has 36 heavy (non-hydrogen) atoms. The predicted molar refractivity (Wildman–Crippen MR) is 128 cm³/mol. The number of halogens is 1. The Balaban J connectivity index is 1.19. The average molecular weight is 490 g/mol. The van der Waals surface area contributed by atoms with E-state index in [1.54, 1.807) is 18.3 Å². The fourth-order valence-corrected chi connectivity index (χ4v) is 4.44. The van der Waals surface area contributed by atoms with Gasteiger partial charge in [0, 0.05) is 55.3 Å². The maximum absolute atomic E-state index is 14.8. The number of tetrazole rings is 1. The lowest BCUT2D eigenvalue weighted by molar-refractivity contribution is 0.386. The minimum absolute atomic E-state index is 0.229. The van der Waals surface area contributed by atoms with Crippen LogP contribution in [0.4, 0.5) is 21.9 Å². The number of anilines is 3. The molecule has 12 nitrogen and oxygen atoms in total. The summed E-state index contributed by atoms with van der Waals surface area (Å²) in [5.41, 5.74) is 2.53. The van der Waals surface area contributed by atoms with E-state index in [4.69, 9.17) is 4.52 Å². The van der Waals surface area contributed by atoms with Crippen LogP contribution in [0.2, 0.25) is 0 Å². The molecular weight excluding hydrogens is 465 g/mol. The van der Waals surface area contributed by atoms with Crippen LogP contribution in [0.5, 0.6) is 0 Å². The van der Waals surface area contributed by atoms with Crippen molar-refractivity contribution in [3.8, 4) is 5.69 Å². The van der Waals surface area contributed by atoms with Gasteiger partial charge in [0.1, 0.15) is 12.1 Å². The Morgan fingerprint density at radius 1 is 1.17 bits per heavy atom. The largest absolute Gasteiger partial charge is 0.335 e. The van der Waals surface area contributed by atoms with Crippen molar-refractivity contribution in [1.29, 1.82) is 0 Å². The standard InChI is InChI=1S/C23H24FN11O/c1-14(2)20-29-23(36-30-20)33-8-5-15(6-9-33)19-12-26-22-21(25-7-10-34(19)22)28-18-4-3-16(11-17(18)24)35-13-27-31-32-35/h3-4,7,10-15H,5-6,8-9H2,1-2H3,(H,25,28). The molecule has 1 aliphatic rings. The first-order valence-corrected chi connectivity index (χ1v) is 11.8. The number of hydrogen-bond donors (Lipinski definition) is 1. The van der Waals surface area contributed by atoms with Crippen molar-refractivity contribution < 1.29 is 8.91 Å². The number of piperidine rings is 1. The van der Waals surface area contributed by atoms with Crippen LogP contribution in [-0.2, 0) is 0 Å². The molecule has 13 heteroatoms. The zero-order valence-corrected chi connectivity index (χ0v) is 19.8. The maximum atomic E-state index is 14.8. The van der Waals surface area contributed by atoms with E-state index in [0.29, 0.717) is 29.1 Å². The van der Waals surface area contributed by atoms with E-state index in [-0.39, 0.29) is 11.6 Å². The Bertz CT molecular complexity index is 1490. The second kappa shape index (κ2) is 8.98. The van der Waals surface area contributed by atoms with Crippen molar-refractivity contribution in [3.63, 3.8) is 0 Å². The van der Waals surface area contributed by atoms with Crippen molar-refractivity contribution in [1.82, 2.24) is 44.7 Å². The molecule has 184 valence electrons. The summed E-state index contributed by atoms with van der Waals surface area (Å²) >= 11 is 0. The first-order valence-electron chi connectivity index (χ1n) is 11.8. The highest BCUT2D eigenvalue weighted by Crippen LogP contribution is 2.32. The second-order valence-electron chi connectivity index (χ2n) is 9.05. The zero-order chi connectivity index (χ0) is 24.6. The van der Waals surface area contributed by atoms with Gasteiger partial charge in [0.2, 0.25) is 0 Å². The molecule has 0 radical (unpaired) electrons. The molecular formula is C23H24FN11O. The minimum atomic E-state index is -0.451. The van der Waals surface area contributed by atoms with E-state index in [9.17, 15) is 4.39 Å². The molecule has 0 saturated carbocycles.